The molecule has 0 radical (unpaired) electrons. The third-order valence-electron chi connectivity index (χ3n) is 5.02. The number of nitrogens with one attached hydrogen (secondary N) is 1. The van der Waals surface area contributed by atoms with Crippen LogP contribution in [0.2, 0.25) is 0 Å². The largest absolute Gasteiger partial charge is 0.437 e. The van der Waals surface area contributed by atoms with Crippen molar-refractivity contribution < 1.29 is 22.7 Å². The van der Waals surface area contributed by atoms with Crippen LogP contribution in [-0.2, 0) is 10.0 Å². The molecule has 2 N–H and O–H groups in total. The fourth-order valence-corrected chi connectivity index (χ4v) is 4.38. The van der Waals surface area contributed by atoms with E-state index < -0.39 is 10.0 Å². The standard InChI is InChI=1S/C22H27N3O5S.C2H6/c1-14-7-9-16(10-8-14)19-18(21(27)23-3)17-13-15(2)20(24-22(17)30-19)25(31(4,28)29)11-5-6-12-26;1-2/h7-10,13,26H,5-6,11-12H2,1-4H3,(H,23,27);1-2H3. The van der Waals surface area contributed by atoms with Crippen molar-refractivity contribution in [3.8, 4) is 11.3 Å². The number of nitrogens with zero attached hydrogens (tertiary/aromatic N) is 2. The van der Waals surface area contributed by atoms with E-state index in [4.69, 9.17) is 9.52 Å². The zero-order valence-electron chi connectivity index (χ0n) is 20.1. The summed E-state index contributed by atoms with van der Waals surface area (Å²) in [6, 6.07) is 9.31. The number of hydrogen-bond donors (Lipinski definition) is 2. The minimum absolute atomic E-state index is 0.0172. The summed E-state index contributed by atoms with van der Waals surface area (Å²) in [5.74, 6) is 0.316. The SMILES string of the molecule is CC.CNC(=O)c1c(-c2ccc(C)cc2)oc2nc(N(CCCCO)S(C)(=O)=O)c(C)cc12. The highest BCUT2D eigenvalue weighted by Gasteiger charge is 2.26. The van der Waals surface area contributed by atoms with E-state index in [-0.39, 0.29) is 30.6 Å². The average molecular weight is 476 g/mol. The van der Waals surface area contributed by atoms with E-state index in [2.05, 4.69) is 10.3 Å². The molecule has 0 atom stereocenters. The van der Waals surface area contributed by atoms with E-state index in [1.54, 1.807) is 20.0 Å². The Bertz CT molecular complexity index is 1200. The van der Waals surface area contributed by atoms with Gasteiger partial charge in [0.2, 0.25) is 15.7 Å². The van der Waals surface area contributed by atoms with Gasteiger partial charge in [0.05, 0.1) is 17.2 Å². The molecule has 0 aliphatic heterocycles. The molecule has 0 aliphatic carbocycles. The van der Waals surface area contributed by atoms with Crippen molar-refractivity contribution in [2.45, 2.75) is 40.5 Å². The van der Waals surface area contributed by atoms with Gasteiger partial charge < -0.3 is 14.8 Å². The number of rotatable bonds is 8. The van der Waals surface area contributed by atoms with Crippen molar-refractivity contribution in [1.82, 2.24) is 10.3 Å². The summed E-state index contributed by atoms with van der Waals surface area (Å²) in [4.78, 5) is 17.2. The number of furan rings is 1. The lowest BCUT2D eigenvalue weighted by molar-refractivity contribution is 0.0964. The zero-order chi connectivity index (χ0) is 24.8. The van der Waals surface area contributed by atoms with Crippen LogP contribution >= 0.6 is 0 Å². The first-order valence-corrected chi connectivity index (χ1v) is 12.8. The predicted molar refractivity (Wildman–Crippen MR) is 132 cm³/mol. The van der Waals surface area contributed by atoms with Crippen LogP contribution < -0.4 is 9.62 Å². The minimum atomic E-state index is -3.60. The first-order valence-electron chi connectivity index (χ1n) is 11.0. The molecule has 9 heteroatoms. The summed E-state index contributed by atoms with van der Waals surface area (Å²) >= 11 is 0. The van der Waals surface area contributed by atoms with Gasteiger partial charge >= 0.3 is 0 Å². The van der Waals surface area contributed by atoms with Crippen molar-refractivity contribution in [2.24, 2.45) is 0 Å². The number of aliphatic hydroxyl groups excluding tert-OH is 1. The van der Waals surface area contributed by atoms with Gasteiger partial charge in [-0.25, -0.2) is 8.42 Å². The summed E-state index contributed by atoms with van der Waals surface area (Å²) in [6.07, 6.45) is 2.08. The lowest BCUT2D eigenvalue weighted by Gasteiger charge is -2.22. The second kappa shape index (κ2) is 11.3. The summed E-state index contributed by atoms with van der Waals surface area (Å²) in [6.45, 7) is 7.89. The van der Waals surface area contributed by atoms with E-state index >= 15 is 0 Å². The third-order valence-corrected chi connectivity index (χ3v) is 6.18. The topological polar surface area (TPSA) is 113 Å². The maximum Gasteiger partial charge on any atom is 0.255 e. The number of aryl methyl sites for hydroxylation is 2. The Morgan fingerprint density at radius 2 is 1.79 bits per heavy atom. The van der Waals surface area contributed by atoms with Crippen molar-refractivity contribution in [1.29, 1.82) is 0 Å². The monoisotopic (exact) mass is 475 g/mol. The van der Waals surface area contributed by atoms with Crippen molar-refractivity contribution >= 4 is 32.8 Å². The van der Waals surface area contributed by atoms with Crippen LogP contribution in [0, 0.1) is 13.8 Å². The molecule has 2 aromatic heterocycles. The molecule has 33 heavy (non-hydrogen) atoms. The van der Waals surface area contributed by atoms with E-state index in [1.807, 2.05) is 45.0 Å². The van der Waals surface area contributed by atoms with Gasteiger partial charge in [0.15, 0.2) is 0 Å². The number of fused-ring (bicyclic) bond motifs is 1. The number of aromatic nitrogens is 1. The first-order chi connectivity index (χ1) is 15.7. The maximum absolute atomic E-state index is 12.7. The number of pyridine rings is 1. The molecule has 0 saturated carbocycles. The van der Waals surface area contributed by atoms with Crippen LogP contribution in [0.3, 0.4) is 0 Å². The van der Waals surface area contributed by atoms with Crippen molar-refractivity contribution in [3.63, 3.8) is 0 Å². The van der Waals surface area contributed by atoms with E-state index in [9.17, 15) is 13.2 Å². The molecule has 1 aromatic carbocycles. The summed E-state index contributed by atoms with van der Waals surface area (Å²) in [5.41, 5.74) is 2.94. The lowest BCUT2D eigenvalue weighted by atomic mass is 10.0. The van der Waals surface area contributed by atoms with Gasteiger partial charge in [-0.1, -0.05) is 43.7 Å². The number of carbonyl (C=O) groups excluding carboxylic acids is 1. The van der Waals surface area contributed by atoms with Crippen molar-refractivity contribution in [2.75, 3.05) is 30.8 Å². The normalized spacial score (nSPS) is 11.1. The Hall–Kier alpha value is -2.91. The van der Waals surface area contributed by atoms with Crippen LogP contribution in [0.25, 0.3) is 22.4 Å². The van der Waals surface area contributed by atoms with Crippen LogP contribution in [0.4, 0.5) is 5.82 Å². The number of amides is 1. The fraction of sp³-hybridized carbons (Fsp3) is 0.417. The molecule has 2 heterocycles. The minimum Gasteiger partial charge on any atom is -0.437 e. The molecule has 0 aliphatic rings. The quantitative estimate of drug-likeness (QED) is 0.476. The molecule has 3 rings (SSSR count). The highest BCUT2D eigenvalue weighted by Crippen LogP contribution is 2.36. The lowest BCUT2D eigenvalue weighted by Crippen LogP contribution is -2.32. The molecule has 0 fully saturated rings. The number of hydrogen-bond acceptors (Lipinski definition) is 6. The molecule has 3 aromatic rings. The van der Waals surface area contributed by atoms with E-state index in [1.165, 1.54) is 4.31 Å². The Kier molecular flexibility index (Phi) is 9.01. The Morgan fingerprint density at radius 1 is 1.15 bits per heavy atom. The number of aliphatic hydroxyl groups is 1. The van der Waals surface area contributed by atoms with Crippen LogP contribution in [0.15, 0.2) is 34.7 Å². The molecule has 180 valence electrons. The first kappa shape index (κ1) is 26.3. The summed E-state index contributed by atoms with van der Waals surface area (Å²) in [7, 11) is -2.06. The van der Waals surface area contributed by atoms with Gasteiger partial charge in [0.25, 0.3) is 5.91 Å². The van der Waals surface area contributed by atoms with Gasteiger partial charge in [-0.15, -0.1) is 0 Å². The molecule has 8 nitrogen and oxygen atoms in total. The van der Waals surface area contributed by atoms with Crippen molar-refractivity contribution in [3.05, 3.63) is 47.0 Å². The number of anilines is 1. The second-order valence-electron chi connectivity index (χ2n) is 7.50. The Balaban J connectivity index is 0.00000187. The summed E-state index contributed by atoms with van der Waals surface area (Å²) < 4.78 is 32.1. The molecule has 0 spiro atoms. The number of benzene rings is 1. The third kappa shape index (κ3) is 5.91. The highest BCUT2D eigenvalue weighted by atomic mass is 32.2. The second-order valence-corrected chi connectivity index (χ2v) is 9.41. The Morgan fingerprint density at radius 3 is 2.33 bits per heavy atom. The van der Waals surface area contributed by atoms with Crippen LogP contribution in [0.5, 0.6) is 0 Å². The highest BCUT2D eigenvalue weighted by molar-refractivity contribution is 7.92. The molecular formula is C24H33N3O5S. The predicted octanol–water partition coefficient (Wildman–Crippen LogP) is 4.04. The van der Waals surface area contributed by atoms with E-state index in [0.717, 1.165) is 17.4 Å². The number of carbonyl (C=O) groups is 1. The molecule has 0 bridgehead atoms. The van der Waals surface area contributed by atoms with Gasteiger partial charge in [-0.05, 0) is 38.3 Å². The molecule has 1 amide bonds. The van der Waals surface area contributed by atoms with Gasteiger partial charge in [-0.2, -0.15) is 4.98 Å². The van der Waals surface area contributed by atoms with Crippen LogP contribution in [-0.4, -0.2) is 50.9 Å². The fourth-order valence-electron chi connectivity index (χ4n) is 3.42. The van der Waals surface area contributed by atoms with Crippen LogP contribution in [0.1, 0.15) is 48.2 Å². The Labute approximate surface area is 195 Å². The summed E-state index contributed by atoms with van der Waals surface area (Å²) in [5, 5.41) is 12.2. The smallest absolute Gasteiger partial charge is 0.255 e. The van der Waals surface area contributed by atoms with Gasteiger partial charge in [0, 0.05) is 25.8 Å². The average Bonchev–Trinajstić information content (AvgIpc) is 3.15. The molecular weight excluding hydrogens is 442 g/mol. The maximum atomic E-state index is 12.7. The van der Waals surface area contributed by atoms with Gasteiger partial charge in [0.1, 0.15) is 11.6 Å². The molecule has 0 unspecified atom stereocenters. The number of unbranched alkanes of at least 4 members (excludes halogenated alkanes) is 1. The zero-order valence-corrected chi connectivity index (χ0v) is 20.9. The van der Waals surface area contributed by atoms with E-state index in [0.29, 0.717) is 35.1 Å². The number of sulfonamides is 1. The van der Waals surface area contributed by atoms with Gasteiger partial charge in [-0.3, -0.25) is 9.10 Å². The molecule has 0 saturated heterocycles.